The molecule has 0 radical (unpaired) electrons. The minimum Gasteiger partial charge on any atom is -0.496 e. The minimum atomic E-state index is -3.61. The summed E-state index contributed by atoms with van der Waals surface area (Å²) >= 11 is 0. The highest BCUT2D eigenvalue weighted by atomic mass is 32.2. The summed E-state index contributed by atoms with van der Waals surface area (Å²) in [5.74, 6) is 0.719. The number of ether oxygens (including phenoxy) is 1. The Balaban J connectivity index is 2.21. The largest absolute Gasteiger partial charge is 0.496 e. The Labute approximate surface area is 163 Å². The molecule has 0 aromatic heterocycles. The van der Waals surface area contributed by atoms with Crippen LogP contribution in [0.4, 0.5) is 0 Å². The molecule has 0 saturated carbocycles. The molecule has 0 aliphatic heterocycles. The molecular weight excluding hydrogens is 360 g/mol. The maximum Gasteiger partial charge on any atom is 0.240 e. The number of hydrogen-bond donors (Lipinski definition) is 1. The minimum absolute atomic E-state index is 0.258. The van der Waals surface area contributed by atoms with Crippen LogP contribution < -0.4 is 9.46 Å². The molecule has 2 aromatic carbocycles. The lowest BCUT2D eigenvalue weighted by molar-refractivity contribution is 0.265. The molecule has 5 nitrogen and oxygen atoms in total. The van der Waals surface area contributed by atoms with Gasteiger partial charge in [-0.2, -0.15) is 0 Å². The molecule has 0 atom stereocenters. The van der Waals surface area contributed by atoms with E-state index >= 15 is 0 Å². The summed E-state index contributed by atoms with van der Waals surface area (Å²) in [6, 6.07) is 11.6. The lowest BCUT2D eigenvalue weighted by Gasteiger charge is -2.22. The van der Waals surface area contributed by atoms with Crippen molar-refractivity contribution in [2.45, 2.75) is 51.7 Å². The number of benzene rings is 2. The Bertz CT molecular complexity index is 869. The van der Waals surface area contributed by atoms with Gasteiger partial charge in [0.1, 0.15) is 5.75 Å². The zero-order valence-electron chi connectivity index (χ0n) is 17.0. The topological polar surface area (TPSA) is 58.6 Å². The number of rotatable bonds is 8. The van der Waals surface area contributed by atoms with Crippen molar-refractivity contribution < 1.29 is 13.2 Å². The van der Waals surface area contributed by atoms with Crippen LogP contribution in [0.25, 0.3) is 0 Å². The van der Waals surface area contributed by atoms with Gasteiger partial charge in [-0.1, -0.05) is 24.3 Å². The lowest BCUT2D eigenvalue weighted by Crippen LogP contribution is -2.28. The lowest BCUT2D eigenvalue weighted by atomic mass is 10.1. The van der Waals surface area contributed by atoms with Gasteiger partial charge in [-0.25, -0.2) is 13.1 Å². The molecule has 0 amide bonds. The number of methoxy groups -OCH3 is 1. The molecule has 0 spiro atoms. The first-order valence-electron chi connectivity index (χ1n) is 9.07. The predicted octanol–water partition coefficient (Wildman–Crippen LogP) is 3.63. The molecule has 0 saturated heterocycles. The molecule has 148 valence electrons. The average molecular weight is 391 g/mol. The van der Waals surface area contributed by atoms with E-state index in [4.69, 9.17) is 4.74 Å². The van der Waals surface area contributed by atoms with E-state index in [1.807, 2.05) is 38.1 Å². The van der Waals surface area contributed by atoms with Crippen LogP contribution in [0.1, 0.15) is 36.1 Å². The first-order valence-corrected chi connectivity index (χ1v) is 10.6. The molecule has 0 fully saturated rings. The maximum absolute atomic E-state index is 12.8. The second-order valence-electron chi connectivity index (χ2n) is 7.19. The van der Waals surface area contributed by atoms with Crippen LogP contribution in [-0.4, -0.2) is 33.5 Å². The molecule has 1 N–H and O–H groups in total. The highest BCUT2D eigenvalue weighted by molar-refractivity contribution is 7.89. The van der Waals surface area contributed by atoms with Crippen molar-refractivity contribution in [1.82, 2.24) is 9.62 Å². The summed E-state index contributed by atoms with van der Waals surface area (Å²) in [5, 5.41) is 0. The van der Waals surface area contributed by atoms with Gasteiger partial charge < -0.3 is 4.74 Å². The van der Waals surface area contributed by atoms with Crippen LogP contribution in [-0.2, 0) is 23.1 Å². The molecule has 0 aliphatic carbocycles. The third kappa shape index (κ3) is 5.31. The van der Waals surface area contributed by atoms with E-state index in [0.717, 1.165) is 34.5 Å². The molecule has 0 unspecified atom stereocenters. The quantitative estimate of drug-likeness (QED) is 0.748. The Morgan fingerprint density at radius 2 is 1.63 bits per heavy atom. The molecule has 2 aromatic rings. The first kappa shape index (κ1) is 21.4. The number of hydrogen-bond acceptors (Lipinski definition) is 4. The number of nitrogens with zero attached hydrogens (tertiary/aromatic N) is 1. The normalized spacial score (nSPS) is 12.0. The van der Waals surface area contributed by atoms with Gasteiger partial charge in [0.25, 0.3) is 0 Å². The molecule has 27 heavy (non-hydrogen) atoms. The maximum atomic E-state index is 12.8. The highest BCUT2D eigenvalue weighted by Crippen LogP contribution is 2.26. The van der Waals surface area contributed by atoms with Crippen LogP contribution in [0.3, 0.4) is 0 Å². The van der Waals surface area contributed by atoms with Gasteiger partial charge in [0.05, 0.1) is 12.0 Å². The Hall–Kier alpha value is -1.89. The summed E-state index contributed by atoms with van der Waals surface area (Å²) in [7, 11) is 0.0450. The van der Waals surface area contributed by atoms with Gasteiger partial charge in [-0.3, -0.25) is 4.90 Å². The standard InChI is InChI=1S/C21H30N2O3S/c1-15(2)23(5)14-19-10-8-7-9-18(19)13-22-27(24,25)20-11-16(3)21(26-6)17(4)12-20/h7-12,15,22H,13-14H2,1-6H3. The van der Waals surface area contributed by atoms with Crippen molar-refractivity contribution in [3.8, 4) is 5.75 Å². The van der Waals surface area contributed by atoms with Crippen LogP contribution in [0.2, 0.25) is 0 Å². The number of sulfonamides is 1. The van der Waals surface area contributed by atoms with Crippen molar-refractivity contribution in [3.63, 3.8) is 0 Å². The van der Waals surface area contributed by atoms with Crippen molar-refractivity contribution in [2.75, 3.05) is 14.2 Å². The van der Waals surface area contributed by atoms with Gasteiger partial charge in [0.2, 0.25) is 10.0 Å². The molecule has 0 bridgehead atoms. The highest BCUT2D eigenvalue weighted by Gasteiger charge is 2.18. The fraction of sp³-hybridized carbons (Fsp3) is 0.429. The Morgan fingerprint density at radius 1 is 1.07 bits per heavy atom. The SMILES string of the molecule is COc1c(C)cc(S(=O)(=O)NCc2ccccc2CN(C)C(C)C)cc1C. The second kappa shape index (κ2) is 8.87. The fourth-order valence-corrected chi connectivity index (χ4v) is 4.16. The van der Waals surface area contributed by atoms with Gasteiger partial charge in [0.15, 0.2) is 0 Å². The van der Waals surface area contributed by atoms with Crippen LogP contribution >= 0.6 is 0 Å². The van der Waals surface area contributed by atoms with Crippen molar-refractivity contribution in [1.29, 1.82) is 0 Å². The average Bonchev–Trinajstić information content (AvgIpc) is 2.60. The van der Waals surface area contributed by atoms with E-state index in [1.165, 1.54) is 0 Å². The van der Waals surface area contributed by atoms with Crippen LogP contribution in [0, 0.1) is 13.8 Å². The van der Waals surface area contributed by atoms with Gasteiger partial charge >= 0.3 is 0 Å². The second-order valence-corrected chi connectivity index (χ2v) is 8.96. The summed E-state index contributed by atoms with van der Waals surface area (Å²) in [6.07, 6.45) is 0. The monoisotopic (exact) mass is 390 g/mol. The zero-order chi connectivity index (χ0) is 20.2. The molecule has 0 heterocycles. The van der Waals surface area contributed by atoms with Crippen molar-refractivity contribution >= 4 is 10.0 Å². The summed E-state index contributed by atoms with van der Waals surface area (Å²) < 4.78 is 33.6. The van der Waals surface area contributed by atoms with Gasteiger partial charge in [-0.15, -0.1) is 0 Å². The third-order valence-electron chi connectivity index (χ3n) is 4.82. The van der Waals surface area contributed by atoms with E-state index < -0.39 is 10.0 Å². The summed E-state index contributed by atoms with van der Waals surface area (Å²) in [4.78, 5) is 2.49. The van der Waals surface area contributed by atoms with Gasteiger partial charge in [-0.05, 0) is 69.1 Å². The van der Waals surface area contributed by atoms with E-state index in [0.29, 0.717) is 6.04 Å². The summed E-state index contributed by atoms with van der Waals surface area (Å²) in [6.45, 7) is 9.01. The first-order chi connectivity index (χ1) is 12.7. The smallest absolute Gasteiger partial charge is 0.240 e. The van der Waals surface area contributed by atoms with E-state index in [-0.39, 0.29) is 11.4 Å². The van der Waals surface area contributed by atoms with E-state index in [1.54, 1.807) is 19.2 Å². The Kier molecular flexibility index (Phi) is 7.03. The van der Waals surface area contributed by atoms with Crippen LogP contribution in [0.15, 0.2) is 41.3 Å². The number of aryl methyl sites for hydroxylation is 2. The molecule has 0 aliphatic rings. The summed E-state index contributed by atoms with van der Waals surface area (Å²) in [5.41, 5.74) is 3.71. The molecular formula is C21H30N2O3S. The zero-order valence-corrected chi connectivity index (χ0v) is 17.9. The number of nitrogens with one attached hydrogen (secondary N) is 1. The third-order valence-corrected chi connectivity index (χ3v) is 6.20. The van der Waals surface area contributed by atoms with E-state index in [9.17, 15) is 8.42 Å². The van der Waals surface area contributed by atoms with E-state index in [2.05, 4.69) is 30.5 Å². The molecule has 6 heteroatoms. The fourth-order valence-electron chi connectivity index (χ4n) is 2.98. The predicted molar refractivity (Wildman–Crippen MR) is 110 cm³/mol. The van der Waals surface area contributed by atoms with Gasteiger partial charge in [0, 0.05) is 19.1 Å². The van der Waals surface area contributed by atoms with Crippen molar-refractivity contribution in [2.24, 2.45) is 0 Å². The van der Waals surface area contributed by atoms with Crippen LogP contribution in [0.5, 0.6) is 5.75 Å². The van der Waals surface area contributed by atoms with Crippen molar-refractivity contribution in [3.05, 3.63) is 58.7 Å². The molecule has 2 rings (SSSR count). The Morgan fingerprint density at radius 3 is 2.15 bits per heavy atom.